The van der Waals surface area contributed by atoms with Crippen LogP contribution in [0.4, 0.5) is 4.39 Å². The zero-order chi connectivity index (χ0) is 12.3. The summed E-state index contributed by atoms with van der Waals surface area (Å²) in [4.78, 5) is 13.5. The minimum absolute atomic E-state index is 0.219. The van der Waals surface area contributed by atoms with Crippen molar-refractivity contribution in [1.82, 2.24) is 4.90 Å². The molecule has 0 aliphatic carbocycles. The van der Waals surface area contributed by atoms with Gasteiger partial charge in [-0.15, -0.1) is 0 Å². The molecular weight excluding hydrogens is 221 g/mol. The topological polar surface area (TPSA) is 29.5 Å². The molecule has 3 nitrogen and oxygen atoms in total. The van der Waals surface area contributed by atoms with Gasteiger partial charge in [0.05, 0.1) is 7.11 Å². The van der Waals surface area contributed by atoms with Gasteiger partial charge in [-0.1, -0.05) is 18.2 Å². The van der Waals surface area contributed by atoms with Crippen molar-refractivity contribution >= 4 is 5.97 Å². The van der Waals surface area contributed by atoms with Gasteiger partial charge in [0, 0.05) is 12.1 Å². The van der Waals surface area contributed by atoms with E-state index < -0.39 is 0 Å². The molecule has 0 spiro atoms. The predicted molar refractivity (Wildman–Crippen MR) is 61.8 cm³/mol. The normalized spacial score (nSPS) is 20.5. The first-order valence-electron chi connectivity index (χ1n) is 5.77. The van der Waals surface area contributed by atoms with Crippen molar-refractivity contribution in [2.45, 2.75) is 25.4 Å². The summed E-state index contributed by atoms with van der Waals surface area (Å²) in [6.45, 7) is 1.28. The first kappa shape index (κ1) is 12.0. The van der Waals surface area contributed by atoms with Gasteiger partial charge < -0.3 is 4.74 Å². The van der Waals surface area contributed by atoms with Crippen molar-refractivity contribution in [2.75, 3.05) is 13.7 Å². The van der Waals surface area contributed by atoms with Crippen LogP contribution in [0.15, 0.2) is 24.3 Å². The SMILES string of the molecule is COC(=O)[C@@H]1CCCN1Cc1ccccc1F. The number of esters is 1. The van der Waals surface area contributed by atoms with E-state index in [1.54, 1.807) is 12.1 Å². The minimum atomic E-state index is -0.223. The van der Waals surface area contributed by atoms with Crippen molar-refractivity contribution in [3.8, 4) is 0 Å². The Kier molecular flexibility index (Phi) is 3.74. The number of rotatable bonds is 3. The lowest BCUT2D eigenvalue weighted by Gasteiger charge is -2.22. The minimum Gasteiger partial charge on any atom is -0.468 e. The number of nitrogens with zero attached hydrogens (tertiary/aromatic N) is 1. The molecule has 2 rings (SSSR count). The molecule has 1 aliphatic heterocycles. The third kappa shape index (κ3) is 2.64. The van der Waals surface area contributed by atoms with Crippen LogP contribution in [0.5, 0.6) is 0 Å². The Hall–Kier alpha value is -1.42. The van der Waals surface area contributed by atoms with Crippen LogP contribution in [0.25, 0.3) is 0 Å². The molecular formula is C13H16FNO2. The smallest absolute Gasteiger partial charge is 0.323 e. The number of halogens is 1. The molecule has 0 N–H and O–H groups in total. The standard InChI is InChI=1S/C13H16FNO2/c1-17-13(16)12-7-4-8-15(12)9-10-5-2-3-6-11(10)14/h2-3,5-6,12H,4,7-9H2,1H3/t12-/m0/s1. The number of methoxy groups -OCH3 is 1. The van der Waals surface area contributed by atoms with Crippen LogP contribution < -0.4 is 0 Å². The lowest BCUT2D eigenvalue weighted by Crippen LogP contribution is -2.36. The van der Waals surface area contributed by atoms with Crippen LogP contribution in [0, 0.1) is 5.82 Å². The number of likely N-dealkylation sites (tertiary alicyclic amines) is 1. The van der Waals surface area contributed by atoms with Gasteiger partial charge in [0.1, 0.15) is 11.9 Å². The number of hydrogen-bond donors (Lipinski definition) is 0. The van der Waals surface area contributed by atoms with Gasteiger partial charge >= 0.3 is 5.97 Å². The summed E-state index contributed by atoms with van der Waals surface area (Å²) in [6, 6.07) is 6.45. The molecule has 0 aromatic heterocycles. The molecule has 0 unspecified atom stereocenters. The second-order valence-corrected chi connectivity index (χ2v) is 4.24. The molecule has 0 saturated carbocycles. The fourth-order valence-electron chi connectivity index (χ4n) is 2.26. The highest BCUT2D eigenvalue weighted by atomic mass is 19.1. The number of benzene rings is 1. The van der Waals surface area contributed by atoms with Crippen LogP contribution in [-0.2, 0) is 16.1 Å². The Morgan fingerprint density at radius 2 is 2.29 bits per heavy atom. The Morgan fingerprint density at radius 3 is 3.00 bits per heavy atom. The third-order valence-electron chi connectivity index (χ3n) is 3.17. The molecule has 0 radical (unpaired) electrons. The van der Waals surface area contributed by atoms with E-state index >= 15 is 0 Å². The van der Waals surface area contributed by atoms with Gasteiger partial charge in [-0.25, -0.2) is 4.39 Å². The second kappa shape index (κ2) is 5.27. The summed E-state index contributed by atoms with van der Waals surface area (Å²) in [5.41, 5.74) is 0.628. The van der Waals surface area contributed by atoms with Gasteiger partial charge in [-0.05, 0) is 25.5 Å². The number of carbonyl (C=O) groups excluding carboxylic acids is 1. The molecule has 1 atom stereocenters. The summed E-state index contributed by atoms with van der Waals surface area (Å²) in [5.74, 6) is -0.443. The molecule has 1 fully saturated rings. The average molecular weight is 237 g/mol. The molecule has 0 amide bonds. The third-order valence-corrected chi connectivity index (χ3v) is 3.17. The first-order chi connectivity index (χ1) is 8.22. The summed E-state index contributed by atoms with van der Waals surface area (Å²) in [5, 5.41) is 0. The monoisotopic (exact) mass is 237 g/mol. The van der Waals surface area contributed by atoms with E-state index in [-0.39, 0.29) is 17.8 Å². The molecule has 1 heterocycles. The molecule has 17 heavy (non-hydrogen) atoms. The van der Waals surface area contributed by atoms with Crippen molar-refractivity contribution < 1.29 is 13.9 Å². The van der Waals surface area contributed by atoms with Gasteiger partial charge in [-0.3, -0.25) is 9.69 Å². The number of ether oxygens (including phenoxy) is 1. The van der Waals surface area contributed by atoms with Crippen LogP contribution in [0.3, 0.4) is 0 Å². The van der Waals surface area contributed by atoms with E-state index in [4.69, 9.17) is 4.74 Å². The summed E-state index contributed by atoms with van der Waals surface area (Å²) in [6.07, 6.45) is 1.75. The summed E-state index contributed by atoms with van der Waals surface area (Å²) < 4.78 is 18.3. The van der Waals surface area contributed by atoms with Crippen molar-refractivity contribution in [3.63, 3.8) is 0 Å². The van der Waals surface area contributed by atoms with Crippen molar-refractivity contribution in [3.05, 3.63) is 35.6 Å². The molecule has 4 heteroatoms. The highest BCUT2D eigenvalue weighted by Crippen LogP contribution is 2.21. The zero-order valence-electron chi connectivity index (χ0n) is 9.86. The van der Waals surface area contributed by atoms with Crippen LogP contribution in [0.1, 0.15) is 18.4 Å². The van der Waals surface area contributed by atoms with Crippen LogP contribution >= 0.6 is 0 Å². The molecule has 1 aromatic carbocycles. The molecule has 0 bridgehead atoms. The maximum atomic E-state index is 13.5. The lowest BCUT2D eigenvalue weighted by molar-refractivity contribution is -0.146. The largest absolute Gasteiger partial charge is 0.468 e. The number of carbonyl (C=O) groups is 1. The second-order valence-electron chi connectivity index (χ2n) is 4.24. The molecule has 1 saturated heterocycles. The Labute approximate surface area is 100 Å². The predicted octanol–water partition coefficient (Wildman–Crippen LogP) is 1.96. The van der Waals surface area contributed by atoms with E-state index in [0.717, 1.165) is 19.4 Å². The Balaban J connectivity index is 2.08. The molecule has 1 aromatic rings. The van der Waals surface area contributed by atoms with Crippen molar-refractivity contribution in [1.29, 1.82) is 0 Å². The molecule has 1 aliphatic rings. The van der Waals surface area contributed by atoms with Gasteiger partial charge in [0.2, 0.25) is 0 Å². The van der Waals surface area contributed by atoms with E-state index in [9.17, 15) is 9.18 Å². The van der Waals surface area contributed by atoms with E-state index in [1.165, 1.54) is 13.2 Å². The fourth-order valence-corrected chi connectivity index (χ4v) is 2.26. The van der Waals surface area contributed by atoms with Gasteiger partial charge in [-0.2, -0.15) is 0 Å². The maximum absolute atomic E-state index is 13.5. The van der Waals surface area contributed by atoms with Crippen molar-refractivity contribution in [2.24, 2.45) is 0 Å². The highest BCUT2D eigenvalue weighted by Gasteiger charge is 2.31. The summed E-state index contributed by atoms with van der Waals surface area (Å²) in [7, 11) is 1.39. The summed E-state index contributed by atoms with van der Waals surface area (Å²) >= 11 is 0. The van der Waals surface area contributed by atoms with Crippen LogP contribution in [0.2, 0.25) is 0 Å². The lowest BCUT2D eigenvalue weighted by atomic mass is 10.1. The zero-order valence-corrected chi connectivity index (χ0v) is 9.86. The maximum Gasteiger partial charge on any atom is 0.323 e. The van der Waals surface area contributed by atoms with Crippen LogP contribution in [-0.4, -0.2) is 30.6 Å². The molecule has 92 valence electrons. The van der Waals surface area contributed by atoms with Gasteiger partial charge in [0.15, 0.2) is 0 Å². The Bertz CT molecular complexity index is 408. The van der Waals surface area contributed by atoms with E-state index in [0.29, 0.717) is 12.1 Å². The quantitative estimate of drug-likeness (QED) is 0.753. The highest BCUT2D eigenvalue weighted by molar-refractivity contribution is 5.75. The fraction of sp³-hybridized carbons (Fsp3) is 0.462. The van der Waals surface area contributed by atoms with Gasteiger partial charge in [0.25, 0.3) is 0 Å². The van der Waals surface area contributed by atoms with E-state index in [1.807, 2.05) is 11.0 Å². The average Bonchev–Trinajstić information content (AvgIpc) is 2.79. The number of hydrogen-bond acceptors (Lipinski definition) is 3. The Morgan fingerprint density at radius 1 is 1.53 bits per heavy atom. The van der Waals surface area contributed by atoms with E-state index in [2.05, 4.69) is 0 Å². The first-order valence-corrected chi connectivity index (χ1v) is 5.77.